The minimum Gasteiger partial charge on any atom is -0.124 e. The first-order valence-electron chi connectivity index (χ1n) is 5.44. The molecular formula is C13H21. The number of hydrogen-bond acceptors (Lipinski definition) is 0. The lowest BCUT2D eigenvalue weighted by molar-refractivity contribution is 0.187. The molecule has 13 heavy (non-hydrogen) atoms. The summed E-state index contributed by atoms with van der Waals surface area (Å²) in [5.41, 5.74) is 2.69. The third kappa shape index (κ3) is 2.74. The largest absolute Gasteiger partial charge is 0.124 e. The highest BCUT2D eigenvalue weighted by atomic mass is 14.3. The molecule has 0 aliphatic heterocycles. The van der Waals surface area contributed by atoms with Crippen LogP contribution in [-0.2, 0) is 0 Å². The molecule has 0 aromatic carbocycles. The van der Waals surface area contributed by atoms with Gasteiger partial charge in [0.05, 0.1) is 0 Å². The van der Waals surface area contributed by atoms with Crippen LogP contribution >= 0.6 is 0 Å². The van der Waals surface area contributed by atoms with Gasteiger partial charge in [0.15, 0.2) is 0 Å². The molecule has 0 heteroatoms. The van der Waals surface area contributed by atoms with E-state index in [4.69, 9.17) is 6.58 Å². The molecule has 0 nitrogen and oxygen atoms in total. The Morgan fingerprint density at radius 3 is 2.54 bits per heavy atom. The third-order valence-corrected chi connectivity index (χ3v) is 3.53. The van der Waals surface area contributed by atoms with Crippen LogP contribution in [0.4, 0.5) is 0 Å². The second-order valence-electron chi connectivity index (χ2n) is 4.79. The molecule has 1 saturated carbocycles. The van der Waals surface area contributed by atoms with Gasteiger partial charge in [-0.25, -0.2) is 0 Å². The molecule has 0 spiro atoms. The van der Waals surface area contributed by atoms with Gasteiger partial charge in [0.25, 0.3) is 0 Å². The molecule has 0 amide bonds. The van der Waals surface area contributed by atoms with Crippen molar-refractivity contribution in [2.24, 2.45) is 23.7 Å². The average molecular weight is 177 g/mol. The normalized spacial score (nSPS) is 34.3. The van der Waals surface area contributed by atoms with Gasteiger partial charge in [-0.15, -0.1) is 5.73 Å². The van der Waals surface area contributed by atoms with E-state index in [-0.39, 0.29) is 0 Å². The predicted molar refractivity (Wildman–Crippen MR) is 57.2 cm³/mol. The first-order valence-corrected chi connectivity index (χ1v) is 5.44. The van der Waals surface area contributed by atoms with E-state index in [0.717, 1.165) is 17.8 Å². The summed E-state index contributed by atoms with van der Waals surface area (Å²) in [6, 6.07) is 0. The van der Waals surface area contributed by atoms with Crippen LogP contribution in [0.25, 0.3) is 0 Å². The van der Waals surface area contributed by atoms with Crippen LogP contribution in [0.3, 0.4) is 0 Å². The standard InChI is InChI=1S/C13H21/c1-5-6-12-7-8-13(10(2)3)9-11(12)4/h1,6,10-13H,7-9H2,2-4H3. The van der Waals surface area contributed by atoms with Gasteiger partial charge < -0.3 is 0 Å². The first-order chi connectivity index (χ1) is 6.15. The van der Waals surface area contributed by atoms with Crippen LogP contribution < -0.4 is 0 Å². The molecule has 0 saturated heterocycles. The summed E-state index contributed by atoms with van der Waals surface area (Å²) in [7, 11) is 0. The monoisotopic (exact) mass is 177 g/mol. The van der Waals surface area contributed by atoms with Gasteiger partial charge in [0.2, 0.25) is 0 Å². The Labute approximate surface area is 82.7 Å². The van der Waals surface area contributed by atoms with Crippen LogP contribution in [0.1, 0.15) is 40.0 Å². The van der Waals surface area contributed by atoms with Crippen molar-refractivity contribution in [2.75, 3.05) is 0 Å². The molecule has 1 fully saturated rings. The van der Waals surface area contributed by atoms with Crippen molar-refractivity contribution in [1.82, 2.24) is 0 Å². The topological polar surface area (TPSA) is 0 Å². The van der Waals surface area contributed by atoms with Crippen LogP contribution in [0.2, 0.25) is 0 Å². The quantitative estimate of drug-likeness (QED) is 0.562. The Morgan fingerprint density at radius 2 is 2.08 bits per heavy atom. The van der Waals surface area contributed by atoms with Gasteiger partial charge in [0.1, 0.15) is 0 Å². The van der Waals surface area contributed by atoms with Crippen LogP contribution in [0.5, 0.6) is 0 Å². The van der Waals surface area contributed by atoms with Crippen molar-refractivity contribution in [3.8, 4) is 0 Å². The Hall–Kier alpha value is -0.480. The minimum absolute atomic E-state index is 0.681. The number of allylic oxidation sites excluding steroid dienone is 1. The molecule has 73 valence electrons. The fraction of sp³-hybridized carbons (Fsp3) is 0.769. The highest BCUT2D eigenvalue weighted by Gasteiger charge is 2.27. The van der Waals surface area contributed by atoms with E-state index >= 15 is 0 Å². The van der Waals surface area contributed by atoms with Crippen molar-refractivity contribution in [3.63, 3.8) is 0 Å². The molecule has 0 bridgehead atoms. The summed E-state index contributed by atoms with van der Waals surface area (Å²) < 4.78 is 0. The molecule has 1 aliphatic rings. The van der Waals surface area contributed by atoms with Crippen molar-refractivity contribution < 1.29 is 0 Å². The zero-order valence-electron chi connectivity index (χ0n) is 9.09. The van der Waals surface area contributed by atoms with Crippen LogP contribution in [0.15, 0.2) is 11.8 Å². The zero-order chi connectivity index (χ0) is 9.84. The first kappa shape index (κ1) is 10.6. The second kappa shape index (κ2) is 4.67. The third-order valence-electron chi connectivity index (χ3n) is 3.53. The molecule has 3 atom stereocenters. The molecule has 3 unspecified atom stereocenters. The van der Waals surface area contributed by atoms with Gasteiger partial charge in [-0.2, -0.15) is 0 Å². The highest BCUT2D eigenvalue weighted by Crippen LogP contribution is 2.37. The van der Waals surface area contributed by atoms with Crippen molar-refractivity contribution >= 4 is 0 Å². The lowest BCUT2D eigenvalue weighted by atomic mass is 9.71. The van der Waals surface area contributed by atoms with Crippen LogP contribution in [0, 0.1) is 30.3 Å². The van der Waals surface area contributed by atoms with Crippen LogP contribution in [-0.4, -0.2) is 0 Å². The summed E-state index contributed by atoms with van der Waals surface area (Å²) in [6.45, 7) is 12.3. The van der Waals surface area contributed by atoms with Gasteiger partial charge >= 0.3 is 0 Å². The predicted octanol–water partition coefficient (Wildman–Crippen LogP) is 3.84. The van der Waals surface area contributed by atoms with Crippen molar-refractivity contribution in [1.29, 1.82) is 0 Å². The minimum atomic E-state index is 0.681. The molecule has 1 rings (SSSR count). The summed E-state index contributed by atoms with van der Waals surface area (Å²) >= 11 is 0. The highest BCUT2D eigenvalue weighted by molar-refractivity contribution is 4.91. The number of rotatable bonds is 2. The lowest BCUT2D eigenvalue weighted by Gasteiger charge is -2.34. The summed E-state index contributed by atoms with van der Waals surface area (Å²) in [5.74, 6) is 3.24. The van der Waals surface area contributed by atoms with Crippen molar-refractivity contribution in [3.05, 3.63) is 18.4 Å². The SMILES string of the molecule is [CH]=C=CC1CCC(C(C)C)CC1C. The van der Waals surface area contributed by atoms with Gasteiger partial charge in [-0.1, -0.05) is 20.8 Å². The summed E-state index contributed by atoms with van der Waals surface area (Å²) in [6.07, 6.45) is 6.08. The van der Waals surface area contributed by atoms with Gasteiger partial charge in [0, 0.05) is 0 Å². The van der Waals surface area contributed by atoms with Crippen molar-refractivity contribution in [2.45, 2.75) is 40.0 Å². The molecule has 0 N–H and O–H groups in total. The Morgan fingerprint density at radius 1 is 1.38 bits per heavy atom. The zero-order valence-corrected chi connectivity index (χ0v) is 9.09. The fourth-order valence-electron chi connectivity index (χ4n) is 2.44. The second-order valence-corrected chi connectivity index (χ2v) is 4.79. The summed E-state index contributed by atoms with van der Waals surface area (Å²) in [4.78, 5) is 0. The maximum Gasteiger partial charge on any atom is -0.0126 e. The Bertz CT molecular complexity index is 196. The molecule has 0 aromatic rings. The molecule has 1 radical (unpaired) electrons. The molecule has 0 heterocycles. The Kier molecular flexibility index (Phi) is 3.81. The van der Waals surface area contributed by atoms with E-state index in [1.807, 2.05) is 0 Å². The maximum absolute atomic E-state index is 5.31. The maximum atomic E-state index is 5.31. The average Bonchev–Trinajstić information content (AvgIpc) is 2.08. The summed E-state index contributed by atoms with van der Waals surface area (Å²) in [5, 5.41) is 0. The van der Waals surface area contributed by atoms with E-state index in [9.17, 15) is 0 Å². The molecule has 1 aliphatic carbocycles. The number of hydrogen-bond donors (Lipinski definition) is 0. The Balaban J connectivity index is 2.51. The van der Waals surface area contributed by atoms with E-state index in [2.05, 4.69) is 32.6 Å². The fourth-order valence-corrected chi connectivity index (χ4v) is 2.44. The van der Waals surface area contributed by atoms with Gasteiger partial charge in [-0.3, -0.25) is 0 Å². The van der Waals surface area contributed by atoms with E-state index in [1.54, 1.807) is 0 Å². The lowest BCUT2D eigenvalue weighted by Crippen LogP contribution is -2.24. The van der Waals surface area contributed by atoms with E-state index < -0.39 is 0 Å². The smallest absolute Gasteiger partial charge is 0.0126 e. The van der Waals surface area contributed by atoms with Gasteiger partial charge in [-0.05, 0) is 55.6 Å². The molecular weight excluding hydrogens is 156 g/mol. The van der Waals surface area contributed by atoms with E-state index in [1.165, 1.54) is 19.3 Å². The van der Waals surface area contributed by atoms with E-state index in [0.29, 0.717) is 5.92 Å². The molecule has 0 aromatic heterocycles.